The highest BCUT2D eigenvalue weighted by Crippen LogP contribution is 2.22. The summed E-state index contributed by atoms with van der Waals surface area (Å²) in [5, 5.41) is 12.7. The first-order valence-corrected chi connectivity index (χ1v) is 10.2. The van der Waals surface area contributed by atoms with Crippen molar-refractivity contribution in [3.8, 4) is 5.69 Å². The summed E-state index contributed by atoms with van der Waals surface area (Å²) >= 11 is 7.23. The predicted octanol–water partition coefficient (Wildman–Crippen LogP) is 3.52. The lowest BCUT2D eigenvalue weighted by atomic mass is 10.1. The van der Waals surface area contributed by atoms with Gasteiger partial charge >= 0.3 is 0 Å². The van der Waals surface area contributed by atoms with E-state index in [1.807, 2.05) is 59.2 Å². The quantitative estimate of drug-likeness (QED) is 0.540. The van der Waals surface area contributed by atoms with E-state index in [1.54, 1.807) is 7.11 Å². The monoisotopic (exact) mass is 416 g/mol. The van der Waals surface area contributed by atoms with Gasteiger partial charge in [0.25, 0.3) is 0 Å². The van der Waals surface area contributed by atoms with E-state index < -0.39 is 0 Å². The van der Waals surface area contributed by atoms with Crippen molar-refractivity contribution in [3.05, 3.63) is 71.0 Å². The Morgan fingerprint density at radius 2 is 1.89 bits per heavy atom. The molecule has 0 spiro atoms. The van der Waals surface area contributed by atoms with Crippen molar-refractivity contribution in [3.63, 3.8) is 0 Å². The number of para-hydroxylation sites is 1. The van der Waals surface area contributed by atoms with Crippen molar-refractivity contribution < 1.29 is 9.53 Å². The Kier molecular flexibility index (Phi) is 7.47. The lowest BCUT2D eigenvalue weighted by Crippen LogP contribution is -2.27. The van der Waals surface area contributed by atoms with Crippen LogP contribution in [0, 0.1) is 0 Å². The summed E-state index contributed by atoms with van der Waals surface area (Å²) in [4.78, 5) is 12.2. The normalized spacial score (nSPS) is 10.8. The van der Waals surface area contributed by atoms with Gasteiger partial charge in [-0.1, -0.05) is 53.7 Å². The molecule has 0 bridgehead atoms. The molecule has 8 heteroatoms. The fourth-order valence-electron chi connectivity index (χ4n) is 2.63. The van der Waals surface area contributed by atoms with Gasteiger partial charge in [-0.2, -0.15) is 0 Å². The van der Waals surface area contributed by atoms with Gasteiger partial charge in [0.2, 0.25) is 5.91 Å². The van der Waals surface area contributed by atoms with Crippen molar-refractivity contribution in [2.75, 3.05) is 19.4 Å². The number of halogens is 1. The molecule has 1 amide bonds. The van der Waals surface area contributed by atoms with Crippen molar-refractivity contribution in [1.29, 1.82) is 0 Å². The Morgan fingerprint density at radius 3 is 2.61 bits per heavy atom. The average molecular weight is 417 g/mol. The maximum Gasteiger partial charge on any atom is 0.230 e. The van der Waals surface area contributed by atoms with Crippen molar-refractivity contribution in [1.82, 2.24) is 20.1 Å². The lowest BCUT2D eigenvalue weighted by Gasteiger charge is -2.10. The maximum absolute atomic E-state index is 12.2. The molecule has 3 aromatic rings. The fraction of sp³-hybridized carbons (Fsp3) is 0.250. The van der Waals surface area contributed by atoms with Crippen LogP contribution in [0.25, 0.3) is 5.69 Å². The predicted molar refractivity (Wildman–Crippen MR) is 111 cm³/mol. The van der Waals surface area contributed by atoms with E-state index in [4.69, 9.17) is 16.3 Å². The van der Waals surface area contributed by atoms with E-state index in [0.29, 0.717) is 29.2 Å². The van der Waals surface area contributed by atoms with Crippen LogP contribution < -0.4 is 5.32 Å². The van der Waals surface area contributed by atoms with Crippen LogP contribution in [-0.4, -0.2) is 40.1 Å². The zero-order valence-corrected chi connectivity index (χ0v) is 17.0. The minimum atomic E-state index is -0.0464. The van der Waals surface area contributed by atoms with Crippen LogP contribution >= 0.6 is 23.4 Å². The third-order valence-electron chi connectivity index (χ3n) is 3.97. The Bertz CT molecular complexity index is 900. The van der Waals surface area contributed by atoms with Gasteiger partial charge in [0.1, 0.15) is 6.61 Å². The number of carbonyl (C=O) groups excluding carboxylic acids is 1. The first kappa shape index (κ1) is 20.4. The smallest absolute Gasteiger partial charge is 0.230 e. The fourth-order valence-corrected chi connectivity index (χ4v) is 3.56. The topological polar surface area (TPSA) is 69.0 Å². The summed E-state index contributed by atoms with van der Waals surface area (Å²) in [6, 6.07) is 17.4. The van der Waals surface area contributed by atoms with Crippen LogP contribution in [0.2, 0.25) is 5.02 Å². The lowest BCUT2D eigenvalue weighted by molar-refractivity contribution is -0.118. The molecule has 0 aliphatic carbocycles. The molecule has 0 atom stereocenters. The largest absolute Gasteiger partial charge is 0.377 e. The number of aromatic nitrogens is 3. The first-order valence-electron chi connectivity index (χ1n) is 8.80. The molecule has 1 aromatic heterocycles. The van der Waals surface area contributed by atoms with E-state index in [-0.39, 0.29) is 11.7 Å². The number of nitrogens with zero attached hydrogens (tertiary/aromatic N) is 3. The van der Waals surface area contributed by atoms with Crippen molar-refractivity contribution in [2.45, 2.75) is 18.2 Å². The number of amides is 1. The highest BCUT2D eigenvalue weighted by atomic mass is 35.5. The molecule has 0 saturated heterocycles. The number of nitrogens with one attached hydrogen (secondary N) is 1. The van der Waals surface area contributed by atoms with Crippen LogP contribution in [0.5, 0.6) is 0 Å². The van der Waals surface area contributed by atoms with Gasteiger partial charge in [0.15, 0.2) is 11.0 Å². The Morgan fingerprint density at radius 1 is 1.14 bits per heavy atom. The molecule has 0 aliphatic heterocycles. The van der Waals surface area contributed by atoms with Crippen LogP contribution in [-0.2, 0) is 22.6 Å². The zero-order chi connectivity index (χ0) is 19.8. The number of carbonyl (C=O) groups is 1. The van der Waals surface area contributed by atoms with E-state index in [1.165, 1.54) is 11.8 Å². The van der Waals surface area contributed by atoms with Gasteiger partial charge in [0.05, 0.1) is 5.75 Å². The Labute approximate surface area is 173 Å². The highest BCUT2D eigenvalue weighted by Gasteiger charge is 2.15. The number of hydrogen-bond donors (Lipinski definition) is 1. The third-order valence-corrected chi connectivity index (χ3v) is 5.15. The SMILES string of the molecule is COCc1nnc(SCC(=O)NCCc2ccc(Cl)cc2)n1-c1ccccc1. The molecule has 1 N–H and O–H groups in total. The second-order valence-corrected chi connectivity index (χ2v) is 7.40. The summed E-state index contributed by atoms with van der Waals surface area (Å²) in [7, 11) is 1.62. The molecular weight excluding hydrogens is 396 g/mol. The molecule has 6 nitrogen and oxygen atoms in total. The van der Waals surface area contributed by atoms with Crippen molar-refractivity contribution in [2.24, 2.45) is 0 Å². The molecule has 0 radical (unpaired) electrons. The average Bonchev–Trinajstić information content (AvgIpc) is 3.11. The highest BCUT2D eigenvalue weighted by molar-refractivity contribution is 7.99. The minimum absolute atomic E-state index is 0.0464. The molecule has 0 saturated carbocycles. The zero-order valence-electron chi connectivity index (χ0n) is 15.5. The summed E-state index contributed by atoms with van der Waals surface area (Å²) < 4.78 is 7.12. The van der Waals surface area contributed by atoms with Crippen molar-refractivity contribution >= 4 is 29.3 Å². The van der Waals surface area contributed by atoms with Crippen LogP contribution in [0.1, 0.15) is 11.4 Å². The first-order chi connectivity index (χ1) is 13.7. The van der Waals surface area contributed by atoms with Gasteiger partial charge in [-0.25, -0.2) is 0 Å². The number of hydrogen-bond acceptors (Lipinski definition) is 5. The van der Waals surface area contributed by atoms with E-state index in [0.717, 1.165) is 17.7 Å². The number of ether oxygens (including phenoxy) is 1. The van der Waals surface area contributed by atoms with Gasteiger partial charge in [-0.3, -0.25) is 9.36 Å². The standard InChI is InChI=1S/C20H21ClN4O2S/c1-27-13-18-23-24-20(25(18)17-5-3-2-4-6-17)28-14-19(26)22-12-11-15-7-9-16(21)10-8-15/h2-10H,11-14H2,1H3,(H,22,26). The molecule has 0 fully saturated rings. The summed E-state index contributed by atoms with van der Waals surface area (Å²) in [6.45, 7) is 0.914. The summed E-state index contributed by atoms with van der Waals surface area (Å²) in [5.74, 6) is 0.910. The Hall–Kier alpha value is -2.35. The van der Waals surface area contributed by atoms with E-state index >= 15 is 0 Å². The molecule has 0 aliphatic rings. The van der Waals surface area contributed by atoms with Gasteiger partial charge in [-0.15, -0.1) is 10.2 Å². The molecule has 1 heterocycles. The van der Waals surface area contributed by atoms with Crippen LogP contribution in [0.15, 0.2) is 59.8 Å². The van der Waals surface area contributed by atoms with Gasteiger partial charge < -0.3 is 10.1 Å². The van der Waals surface area contributed by atoms with Crippen LogP contribution in [0.3, 0.4) is 0 Å². The second kappa shape index (κ2) is 10.3. The summed E-state index contributed by atoms with van der Waals surface area (Å²) in [6.07, 6.45) is 0.756. The molecule has 0 unspecified atom stereocenters. The summed E-state index contributed by atoms with van der Waals surface area (Å²) in [5.41, 5.74) is 2.07. The molecule has 2 aromatic carbocycles. The van der Waals surface area contributed by atoms with Crippen LogP contribution in [0.4, 0.5) is 0 Å². The van der Waals surface area contributed by atoms with E-state index in [2.05, 4.69) is 15.5 Å². The molecule has 28 heavy (non-hydrogen) atoms. The van der Waals surface area contributed by atoms with Gasteiger partial charge in [0, 0.05) is 24.4 Å². The molecule has 146 valence electrons. The van der Waals surface area contributed by atoms with E-state index in [9.17, 15) is 4.79 Å². The molecule has 3 rings (SSSR count). The number of rotatable bonds is 9. The molecular formula is C20H21ClN4O2S. The Balaban J connectivity index is 1.56. The number of benzene rings is 2. The number of thioether (sulfide) groups is 1. The second-order valence-electron chi connectivity index (χ2n) is 6.02. The number of methoxy groups -OCH3 is 1. The van der Waals surface area contributed by atoms with Gasteiger partial charge in [-0.05, 0) is 36.2 Å². The minimum Gasteiger partial charge on any atom is -0.377 e. The third kappa shape index (κ3) is 5.58. The maximum atomic E-state index is 12.2.